The lowest BCUT2D eigenvalue weighted by molar-refractivity contribution is 0.0562. The normalized spacial score (nSPS) is 27.4. The average Bonchev–Trinajstić information content (AvgIpc) is 2.15. The van der Waals surface area contributed by atoms with Crippen molar-refractivity contribution < 1.29 is 0 Å². The van der Waals surface area contributed by atoms with Gasteiger partial charge >= 0.3 is 0 Å². The van der Waals surface area contributed by atoms with Gasteiger partial charge in [-0.25, -0.2) is 0 Å². The Morgan fingerprint density at radius 2 is 1.94 bits per heavy atom. The standard InChI is InChI=1S/C15H32N2/c1-7-8-13(4)10-17-11-15(5,6)16-9-14(17)12(2)3/h12-14,16H,7-11H2,1-6H3. The van der Waals surface area contributed by atoms with Crippen molar-refractivity contribution in [2.75, 3.05) is 19.6 Å². The Balaban J connectivity index is 2.61. The Morgan fingerprint density at radius 1 is 1.29 bits per heavy atom. The van der Waals surface area contributed by atoms with Crippen LogP contribution in [0.1, 0.15) is 54.4 Å². The minimum Gasteiger partial charge on any atom is -0.309 e. The van der Waals surface area contributed by atoms with Crippen molar-refractivity contribution in [3.63, 3.8) is 0 Å². The van der Waals surface area contributed by atoms with Gasteiger partial charge in [0, 0.05) is 31.2 Å². The van der Waals surface area contributed by atoms with Crippen LogP contribution in [0, 0.1) is 11.8 Å². The molecule has 0 aromatic heterocycles. The molecule has 0 saturated carbocycles. The zero-order valence-electron chi connectivity index (χ0n) is 12.7. The minimum absolute atomic E-state index is 0.275. The zero-order chi connectivity index (χ0) is 13.1. The van der Waals surface area contributed by atoms with Crippen molar-refractivity contribution in [2.24, 2.45) is 11.8 Å². The number of nitrogens with zero attached hydrogens (tertiary/aromatic N) is 1. The maximum atomic E-state index is 3.68. The molecule has 17 heavy (non-hydrogen) atoms. The lowest BCUT2D eigenvalue weighted by Crippen LogP contribution is -2.63. The van der Waals surface area contributed by atoms with Gasteiger partial charge in [-0.3, -0.25) is 4.90 Å². The molecule has 1 rings (SSSR count). The van der Waals surface area contributed by atoms with Gasteiger partial charge in [-0.1, -0.05) is 34.1 Å². The summed E-state index contributed by atoms with van der Waals surface area (Å²) in [6.45, 7) is 17.6. The fraction of sp³-hybridized carbons (Fsp3) is 1.00. The van der Waals surface area contributed by atoms with Crippen LogP contribution in [0.5, 0.6) is 0 Å². The maximum Gasteiger partial charge on any atom is 0.0252 e. The third kappa shape index (κ3) is 4.59. The van der Waals surface area contributed by atoms with E-state index in [2.05, 4.69) is 51.8 Å². The quantitative estimate of drug-likeness (QED) is 0.794. The smallest absolute Gasteiger partial charge is 0.0252 e. The average molecular weight is 240 g/mol. The second-order valence-corrected chi connectivity index (χ2v) is 6.90. The van der Waals surface area contributed by atoms with E-state index in [4.69, 9.17) is 0 Å². The number of hydrogen-bond acceptors (Lipinski definition) is 2. The number of hydrogen-bond donors (Lipinski definition) is 1. The van der Waals surface area contributed by atoms with Crippen molar-refractivity contribution in [1.82, 2.24) is 10.2 Å². The van der Waals surface area contributed by atoms with Crippen LogP contribution in [0.3, 0.4) is 0 Å². The van der Waals surface area contributed by atoms with Crippen molar-refractivity contribution in [3.8, 4) is 0 Å². The van der Waals surface area contributed by atoms with E-state index in [1.807, 2.05) is 0 Å². The van der Waals surface area contributed by atoms with Gasteiger partial charge in [0.1, 0.15) is 0 Å². The first-order valence-electron chi connectivity index (χ1n) is 7.34. The van der Waals surface area contributed by atoms with Crippen molar-refractivity contribution >= 4 is 0 Å². The molecule has 2 heteroatoms. The topological polar surface area (TPSA) is 15.3 Å². The molecule has 0 aromatic rings. The maximum absolute atomic E-state index is 3.68. The lowest BCUT2D eigenvalue weighted by atomic mass is 9.91. The van der Waals surface area contributed by atoms with Crippen LogP contribution in [0.25, 0.3) is 0 Å². The summed E-state index contributed by atoms with van der Waals surface area (Å²) < 4.78 is 0. The minimum atomic E-state index is 0.275. The van der Waals surface area contributed by atoms with Crippen molar-refractivity contribution in [2.45, 2.75) is 66.0 Å². The van der Waals surface area contributed by atoms with Crippen LogP contribution < -0.4 is 5.32 Å². The van der Waals surface area contributed by atoms with Crippen molar-refractivity contribution in [1.29, 1.82) is 0 Å². The summed E-state index contributed by atoms with van der Waals surface area (Å²) in [5.74, 6) is 1.57. The van der Waals surface area contributed by atoms with Gasteiger partial charge in [-0.2, -0.15) is 0 Å². The number of piperazine rings is 1. The second kappa shape index (κ2) is 6.19. The molecule has 1 heterocycles. The molecule has 1 aliphatic heterocycles. The molecule has 0 radical (unpaired) electrons. The van der Waals surface area contributed by atoms with Gasteiger partial charge < -0.3 is 5.32 Å². The van der Waals surface area contributed by atoms with Crippen LogP contribution in [0.4, 0.5) is 0 Å². The molecule has 0 spiro atoms. The molecule has 0 bridgehead atoms. The lowest BCUT2D eigenvalue weighted by Gasteiger charge is -2.47. The van der Waals surface area contributed by atoms with Gasteiger partial charge in [0.15, 0.2) is 0 Å². The molecule has 0 aromatic carbocycles. The highest BCUT2D eigenvalue weighted by Gasteiger charge is 2.34. The van der Waals surface area contributed by atoms with Gasteiger partial charge in [0.05, 0.1) is 0 Å². The molecule has 102 valence electrons. The van der Waals surface area contributed by atoms with Gasteiger partial charge in [-0.05, 0) is 32.1 Å². The van der Waals surface area contributed by atoms with E-state index in [9.17, 15) is 0 Å². The fourth-order valence-electron chi connectivity index (χ4n) is 3.03. The second-order valence-electron chi connectivity index (χ2n) is 6.90. The third-order valence-corrected chi connectivity index (χ3v) is 3.95. The summed E-state index contributed by atoms with van der Waals surface area (Å²) in [6, 6.07) is 0.710. The Hall–Kier alpha value is -0.0800. The highest BCUT2D eigenvalue weighted by Crippen LogP contribution is 2.22. The van der Waals surface area contributed by atoms with E-state index >= 15 is 0 Å². The molecule has 1 fully saturated rings. The van der Waals surface area contributed by atoms with E-state index in [0.29, 0.717) is 6.04 Å². The zero-order valence-corrected chi connectivity index (χ0v) is 12.7. The summed E-state index contributed by atoms with van der Waals surface area (Å²) in [4.78, 5) is 2.72. The van der Waals surface area contributed by atoms with Crippen LogP contribution in [-0.4, -0.2) is 36.1 Å². The Morgan fingerprint density at radius 3 is 2.47 bits per heavy atom. The highest BCUT2D eigenvalue weighted by molar-refractivity contribution is 4.93. The third-order valence-electron chi connectivity index (χ3n) is 3.95. The first-order chi connectivity index (χ1) is 7.85. The van der Waals surface area contributed by atoms with Gasteiger partial charge in [0.25, 0.3) is 0 Å². The summed E-state index contributed by atoms with van der Waals surface area (Å²) in [7, 11) is 0. The Bertz CT molecular complexity index is 223. The molecule has 1 N–H and O–H groups in total. The predicted molar refractivity (Wildman–Crippen MR) is 76.4 cm³/mol. The molecule has 0 amide bonds. The molecule has 1 aliphatic rings. The highest BCUT2D eigenvalue weighted by atomic mass is 15.3. The van der Waals surface area contributed by atoms with E-state index in [1.54, 1.807) is 0 Å². The van der Waals surface area contributed by atoms with Crippen LogP contribution in [0.2, 0.25) is 0 Å². The monoisotopic (exact) mass is 240 g/mol. The summed E-state index contributed by atoms with van der Waals surface area (Å²) in [6.07, 6.45) is 2.66. The fourth-order valence-corrected chi connectivity index (χ4v) is 3.03. The Labute approximate surface area is 108 Å². The molecular formula is C15H32N2. The first-order valence-corrected chi connectivity index (χ1v) is 7.34. The molecule has 2 unspecified atom stereocenters. The summed E-state index contributed by atoms with van der Waals surface area (Å²) >= 11 is 0. The van der Waals surface area contributed by atoms with Gasteiger partial charge in [-0.15, -0.1) is 0 Å². The number of nitrogens with one attached hydrogen (secondary N) is 1. The molecule has 0 aliphatic carbocycles. The Kier molecular flexibility index (Phi) is 5.46. The summed E-state index contributed by atoms with van der Waals surface area (Å²) in [5, 5.41) is 3.68. The van der Waals surface area contributed by atoms with E-state index in [-0.39, 0.29) is 5.54 Å². The van der Waals surface area contributed by atoms with E-state index in [0.717, 1.165) is 18.4 Å². The molecule has 2 nitrogen and oxygen atoms in total. The molecular weight excluding hydrogens is 208 g/mol. The van der Waals surface area contributed by atoms with E-state index in [1.165, 1.54) is 25.9 Å². The largest absolute Gasteiger partial charge is 0.309 e. The number of rotatable bonds is 5. The van der Waals surface area contributed by atoms with Crippen molar-refractivity contribution in [3.05, 3.63) is 0 Å². The molecule has 2 atom stereocenters. The van der Waals surface area contributed by atoms with Crippen LogP contribution >= 0.6 is 0 Å². The van der Waals surface area contributed by atoms with E-state index < -0.39 is 0 Å². The van der Waals surface area contributed by atoms with Crippen LogP contribution in [-0.2, 0) is 0 Å². The van der Waals surface area contributed by atoms with Crippen LogP contribution in [0.15, 0.2) is 0 Å². The van der Waals surface area contributed by atoms with Gasteiger partial charge in [0.2, 0.25) is 0 Å². The predicted octanol–water partition coefficient (Wildman–Crippen LogP) is 3.13. The first kappa shape index (κ1) is 15.0. The SMILES string of the molecule is CCCC(C)CN1CC(C)(C)NCC1C(C)C. The summed E-state index contributed by atoms with van der Waals surface area (Å²) in [5.41, 5.74) is 0.275. The molecule has 1 saturated heterocycles.